The Labute approximate surface area is 112 Å². The van der Waals surface area contributed by atoms with Crippen LogP contribution >= 0.6 is 0 Å². The first-order chi connectivity index (χ1) is 8.23. The van der Waals surface area contributed by atoms with Gasteiger partial charge in [0.1, 0.15) is 0 Å². The maximum atomic E-state index is 11.7. The smallest absolute Gasteiger partial charge is 0.151 e. The molecular weight excluding hydrogens is 248 g/mol. The van der Waals surface area contributed by atoms with Gasteiger partial charge in [0.15, 0.2) is 9.84 Å². The Morgan fingerprint density at radius 1 is 1.33 bits per heavy atom. The van der Waals surface area contributed by atoms with Crippen molar-refractivity contribution < 1.29 is 8.42 Å². The second kappa shape index (κ2) is 6.35. The predicted molar refractivity (Wildman–Crippen MR) is 76.3 cm³/mol. The third-order valence-electron chi connectivity index (χ3n) is 4.21. The zero-order valence-electron chi connectivity index (χ0n) is 12.1. The minimum atomic E-state index is -2.92. The number of nitrogens with two attached hydrogens (primary N) is 1. The van der Waals surface area contributed by atoms with Gasteiger partial charge in [0.05, 0.1) is 5.25 Å². The quantitative estimate of drug-likeness (QED) is 0.793. The fourth-order valence-electron chi connectivity index (χ4n) is 2.76. The van der Waals surface area contributed by atoms with Gasteiger partial charge in [-0.1, -0.05) is 20.3 Å². The van der Waals surface area contributed by atoms with Crippen LogP contribution in [0, 0.1) is 5.92 Å². The van der Waals surface area contributed by atoms with Gasteiger partial charge in [-0.25, -0.2) is 8.42 Å². The molecule has 3 atom stereocenters. The summed E-state index contributed by atoms with van der Waals surface area (Å²) < 4.78 is 23.5. The van der Waals surface area contributed by atoms with E-state index in [2.05, 4.69) is 18.7 Å². The standard InChI is InChI=1S/C13H28N2O2S/c1-10(2)11(14)8-9-15(3)12-6-5-7-13(12)18(4,16)17/h10-13H,5-9,14H2,1-4H3. The molecule has 18 heavy (non-hydrogen) atoms. The molecule has 2 N–H and O–H groups in total. The maximum absolute atomic E-state index is 11.7. The highest BCUT2D eigenvalue weighted by Gasteiger charge is 2.36. The Bertz CT molecular complexity index is 354. The molecule has 0 saturated heterocycles. The van der Waals surface area contributed by atoms with Gasteiger partial charge in [0.2, 0.25) is 0 Å². The number of nitrogens with zero attached hydrogens (tertiary/aromatic N) is 1. The molecule has 0 radical (unpaired) electrons. The predicted octanol–water partition coefficient (Wildman–Crippen LogP) is 1.26. The van der Waals surface area contributed by atoms with E-state index in [1.807, 2.05) is 7.05 Å². The molecule has 0 aromatic rings. The van der Waals surface area contributed by atoms with Crippen molar-refractivity contribution in [2.24, 2.45) is 11.7 Å². The van der Waals surface area contributed by atoms with Crippen LogP contribution in [0.25, 0.3) is 0 Å². The molecule has 0 aromatic carbocycles. The summed E-state index contributed by atoms with van der Waals surface area (Å²) in [6, 6.07) is 0.380. The topological polar surface area (TPSA) is 63.4 Å². The average molecular weight is 276 g/mol. The van der Waals surface area contributed by atoms with Crippen LogP contribution in [-0.2, 0) is 9.84 Å². The van der Waals surface area contributed by atoms with Gasteiger partial charge >= 0.3 is 0 Å². The molecule has 0 spiro atoms. The summed E-state index contributed by atoms with van der Waals surface area (Å²) in [4.78, 5) is 2.20. The molecule has 0 aliphatic heterocycles. The lowest BCUT2D eigenvalue weighted by atomic mass is 10.0. The van der Waals surface area contributed by atoms with Crippen molar-refractivity contribution in [3.05, 3.63) is 0 Å². The highest BCUT2D eigenvalue weighted by Crippen LogP contribution is 2.28. The number of sulfone groups is 1. The third-order valence-corrected chi connectivity index (χ3v) is 5.85. The normalized spacial score (nSPS) is 27.1. The molecule has 3 unspecified atom stereocenters. The van der Waals surface area contributed by atoms with Crippen LogP contribution in [0.5, 0.6) is 0 Å². The van der Waals surface area contributed by atoms with Gasteiger partial charge < -0.3 is 10.6 Å². The van der Waals surface area contributed by atoms with Crippen LogP contribution in [0.3, 0.4) is 0 Å². The molecule has 1 fully saturated rings. The summed E-state index contributed by atoms with van der Waals surface area (Å²) in [5.74, 6) is 0.479. The van der Waals surface area contributed by atoms with E-state index < -0.39 is 9.84 Å². The first kappa shape index (κ1) is 15.9. The minimum Gasteiger partial charge on any atom is -0.327 e. The summed E-state index contributed by atoms with van der Waals surface area (Å²) in [7, 11) is -0.896. The van der Waals surface area contributed by atoms with Crippen molar-refractivity contribution in [2.45, 2.75) is 56.9 Å². The van der Waals surface area contributed by atoms with E-state index in [-0.39, 0.29) is 17.3 Å². The summed E-state index contributed by atoms with van der Waals surface area (Å²) in [6.07, 6.45) is 5.11. The SMILES string of the molecule is CC(C)C(N)CCN(C)C1CCCC1S(C)(=O)=O. The van der Waals surface area contributed by atoms with E-state index in [0.29, 0.717) is 5.92 Å². The molecule has 1 aliphatic carbocycles. The Balaban J connectivity index is 2.53. The summed E-state index contributed by atoms with van der Waals surface area (Å²) >= 11 is 0. The minimum absolute atomic E-state index is 0.180. The van der Waals surface area contributed by atoms with Gasteiger partial charge in [-0.2, -0.15) is 0 Å². The van der Waals surface area contributed by atoms with Crippen molar-refractivity contribution in [1.82, 2.24) is 4.90 Å². The fraction of sp³-hybridized carbons (Fsp3) is 1.00. The number of rotatable bonds is 6. The fourth-order valence-corrected chi connectivity index (χ4v) is 4.27. The van der Waals surface area contributed by atoms with Crippen LogP contribution in [0.2, 0.25) is 0 Å². The molecule has 1 saturated carbocycles. The van der Waals surface area contributed by atoms with E-state index in [1.165, 1.54) is 6.26 Å². The van der Waals surface area contributed by atoms with E-state index in [1.54, 1.807) is 0 Å². The molecule has 0 heterocycles. The van der Waals surface area contributed by atoms with Gasteiger partial charge in [0, 0.05) is 18.3 Å². The lowest BCUT2D eigenvalue weighted by Gasteiger charge is -2.30. The molecule has 108 valence electrons. The molecule has 5 heteroatoms. The molecule has 0 amide bonds. The van der Waals surface area contributed by atoms with E-state index >= 15 is 0 Å². The van der Waals surface area contributed by atoms with Gasteiger partial charge in [-0.3, -0.25) is 0 Å². The average Bonchev–Trinajstić information content (AvgIpc) is 2.73. The number of hydrogen-bond acceptors (Lipinski definition) is 4. The summed E-state index contributed by atoms with van der Waals surface area (Å²) in [6.45, 7) is 5.13. The van der Waals surface area contributed by atoms with Gasteiger partial charge in [-0.15, -0.1) is 0 Å². The molecule has 1 aliphatic rings. The second-order valence-corrected chi connectivity index (χ2v) is 8.31. The van der Waals surface area contributed by atoms with Crippen molar-refractivity contribution in [3.63, 3.8) is 0 Å². The van der Waals surface area contributed by atoms with Crippen LogP contribution in [-0.4, -0.2) is 50.5 Å². The Morgan fingerprint density at radius 3 is 2.44 bits per heavy atom. The van der Waals surface area contributed by atoms with E-state index in [0.717, 1.165) is 32.2 Å². The van der Waals surface area contributed by atoms with Gasteiger partial charge in [0.25, 0.3) is 0 Å². The molecule has 4 nitrogen and oxygen atoms in total. The van der Waals surface area contributed by atoms with Crippen molar-refractivity contribution in [3.8, 4) is 0 Å². The molecule has 0 aromatic heterocycles. The van der Waals surface area contributed by atoms with E-state index in [9.17, 15) is 8.42 Å². The molecule has 1 rings (SSSR count). The van der Waals surface area contributed by atoms with Crippen molar-refractivity contribution in [2.75, 3.05) is 19.8 Å². The maximum Gasteiger partial charge on any atom is 0.151 e. The van der Waals surface area contributed by atoms with Crippen LogP contribution in [0.1, 0.15) is 39.5 Å². The first-order valence-corrected chi connectivity index (χ1v) is 8.83. The summed E-state index contributed by atoms with van der Waals surface area (Å²) in [5.41, 5.74) is 6.04. The lowest BCUT2D eigenvalue weighted by Crippen LogP contribution is -2.43. The van der Waals surface area contributed by atoms with Crippen molar-refractivity contribution in [1.29, 1.82) is 0 Å². The zero-order chi connectivity index (χ0) is 13.9. The lowest BCUT2D eigenvalue weighted by molar-refractivity contribution is 0.231. The molecular formula is C13H28N2O2S. The van der Waals surface area contributed by atoms with Crippen LogP contribution < -0.4 is 5.73 Å². The van der Waals surface area contributed by atoms with E-state index in [4.69, 9.17) is 5.73 Å². The second-order valence-electron chi connectivity index (χ2n) is 6.04. The van der Waals surface area contributed by atoms with Crippen molar-refractivity contribution >= 4 is 9.84 Å². The zero-order valence-corrected chi connectivity index (χ0v) is 12.9. The van der Waals surface area contributed by atoms with Crippen LogP contribution in [0.4, 0.5) is 0 Å². The highest BCUT2D eigenvalue weighted by molar-refractivity contribution is 7.91. The molecule has 0 bridgehead atoms. The Morgan fingerprint density at radius 2 is 1.94 bits per heavy atom. The Kier molecular flexibility index (Phi) is 5.62. The highest BCUT2D eigenvalue weighted by atomic mass is 32.2. The Hall–Kier alpha value is -0.130. The number of hydrogen-bond donors (Lipinski definition) is 1. The third kappa shape index (κ3) is 4.21. The summed E-state index contributed by atoms with van der Waals surface area (Å²) in [5, 5.41) is -0.183. The van der Waals surface area contributed by atoms with Crippen LogP contribution in [0.15, 0.2) is 0 Å². The monoisotopic (exact) mass is 276 g/mol. The first-order valence-electron chi connectivity index (χ1n) is 6.88. The largest absolute Gasteiger partial charge is 0.327 e. The van der Waals surface area contributed by atoms with Gasteiger partial charge in [-0.05, 0) is 38.8 Å².